The maximum atomic E-state index is 12.7. The molecule has 0 atom stereocenters. The summed E-state index contributed by atoms with van der Waals surface area (Å²) in [7, 11) is 0. The lowest BCUT2D eigenvalue weighted by atomic mass is 9.95. The van der Waals surface area contributed by atoms with Crippen molar-refractivity contribution in [3.8, 4) is 0 Å². The van der Waals surface area contributed by atoms with E-state index >= 15 is 0 Å². The Hall–Kier alpha value is -2.41. The molecule has 6 nitrogen and oxygen atoms in total. The van der Waals surface area contributed by atoms with Crippen molar-refractivity contribution in [1.29, 1.82) is 0 Å². The molecule has 0 aliphatic carbocycles. The van der Waals surface area contributed by atoms with Crippen molar-refractivity contribution in [2.24, 2.45) is 5.41 Å². The summed E-state index contributed by atoms with van der Waals surface area (Å²) in [5, 5.41) is 1.70. The standard InChI is InChI=1S/C20H16Cl2N2O4/c1-20(2)10-28-23(19(20)27)9-11-7-15(22)16(8-14(11)21)24-17(25)12-5-3-4-6-13(12)18(24)26/h3-8H,9-10H2,1-2H3. The Morgan fingerprint density at radius 3 is 2.14 bits per heavy atom. The maximum absolute atomic E-state index is 12.7. The van der Waals surface area contributed by atoms with Crippen LogP contribution in [0.5, 0.6) is 0 Å². The molecule has 144 valence electrons. The highest BCUT2D eigenvalue weighted by Crippen LogP contribution is 2.38. The molecule has 4 rings (SSSR count). The molecule has 1 saturated heterocycles. The average Bonchev–Trinajstić information content (AvgIpc) is 3.06. The fourth-order valence-corrected chi connectivity index (χ4v) is 3.74. The SMILES string of the molecule is CC1(C)CON(Cc2cc(Cl)c(N3C(=O)c4ccccc4C3=O)cc2Cl)C1=O. The van der Waals surface area contributed by atoms with Crippen LogP contribution in [0.2, 0.25) is 10.0 Å². The van der Waals surface area contributed by atoms with Crippen molar-refractivity contribution >= 4 is 46.6 Å². The van der Waals surface area contributed by atoms with Gasteiger partial charge in [0, 0.05) is 5.02 Å². The second-order valence-corrected chi connectivity index (χ2v) is 8.20. The average molecular weight is 419 g/mol. The van der Waals surface area contributed by atoms with Crippen LogP contribution in [0.1, 0.15) is 40.1 Å². The predicted octanol–water partition coefficient (Wildman–Crippen LogP) is 4.09. The highest BCUT2D eigenvalue weighted by Gasteiger charge is 2.41. The molecular weight excluding hydrogens is 403 g/mol. The zero-order valence-electron chi connectivity index (χ0n) is 15.2. The molecule has 0 N–H and O–H groups in total. The van der Waals surface area contributed by atoms with Gasteiger partial charge in [0.25, 0.3) is 17.7 Å². The van der Waals surface area contributed by atoms with Crippen molar-refractivity contribution < 1.29 is 19.2 Å². The number of carbonyl (C=O) groups excluding carboxylic acids is 3. The third-order valence-corrected chi connectivity index (χ3v) is 5.51. The number of fused-ring (bicyclic) bond motifs is 1. The van der Waals surface area contributed by atoms with Crippen LogP contribution in [0.4, 0.5) is 5.69 Å². The van der Waals surface area contributed by atoms with E-state index in [0.717, 1.165) is 4.90 Å². The summed E-state index contributed by atoms with van der Waals surface area (Å²) >= 11 is 12.8. The second kappa shape index (κ2) is 6.58. The minimum atomic E-state index is -0.601. The zero-order valence-corrected chi connectivity index (χ0v) is 16.7. The van der Waals surface area contributed by atoms with Crippen molar-refractivity contribution in [2.45, 2.75) is 20.4 Å². The van der Waals surface area contributed by atoms with Crippen LogP contribution in [0, 0.1) is 5.41 Å². The predicted molar refractivity (Wildman–Crippen MR) is 104 cm³/mol. The molecule has 3 amide bonds. The molecule has 0 spiro atoms. The summed E-state index contributed by atoms with van der Waals surface area (Å²) in [5.74, 6) is -1.05. The summed E-state index contributed by atoms with van der Waals surface area (Å²) in [6.07, 6.45) is 0. The van der Waals surface area contributed by atoms with Gasteiger partial charge in [0.2, 0.25) is 0 Å². The molecule has 2 heterocycles. The molecule has 2 aliphatic rings. The molecule has 0 radical (unpaired) electrons. The van der Waals surface area contributed by atoms with Gasteiger partial charge in [-0.15, -0.1) is 0 Å². The number of benzene rings is 2. The van der Waals surface area contributed by atoms with Gasteiger partial charge < -0.3 is 0 Å². The number of nitrogens with zero attached hydrogens (tertiary/aromatic N) is 2. The first kappa shape index (κ1) is 18.9. The van der Waals surface area contributed by atoms with Crippen molar-refractivity contribution in [3.63, 3.8) is 0 Å². The Morgan fingerprint density at radius 1 is 1.00 bits per heavy atom. The van der Waals surface area contributed by atoms with Crippen LogP contribution in [0.15, 0.2) is 36.4 Å². The Labute approximate surface area is 171 Å². The van der Waals surface area contributed by atoms with E-state index in [0.29, 0.717) is 16.7 Å². The van der Waals surface area contributed by atoms with E-state index in [1.165, 1.54) is 11.1 Å². The minimum absolute atomic E-state index is 0.114. The smallest absolute Gasteiger partial charge is 0.266 e. The molecule has 8 heteroatoms. The molecule has 0 unspecified atom stereocenters. The number of carbonyl (C=O) groups is 3. The van der Waals surface area contributed by atoms with Gasteiger partial charge in [0.15, 0.2) is 0 Å². The fraction of sp³-hybridized carbons (Fsp3) is 0.250. The minimum Gasteiger partial charge on any atom is -0.272 e. The Balaban J connectivity index is 1.65. The topological polar surface area (TPSA) is 66.9 Å². The van der Waals surface area contributed by atoms with Crippen LogP contribution < -0.4 is 4.90 Å². The summed E-state index contributed by atoms with van der Waals surface area (Å²) in [6.45, 7) is 4.00. The van der Waals surface area contributed by atoms with Crippen LogP contribution in [0.3, 0.4) is 0 Å². The Morgan fingerprint density at radius 2 is 1.61 bits per heavy atom. The van der Waals surface area contributed by atoms with E-state index in [1.54, 1.807) is 44.2 Å². The van der Waals surface area contributed by atoms with Crippen LogP contribution in [-0.4, -0.2) is 29.4 Å². The number of hydrogen-bond acceptors (Lipinski definition) is 4. The van der Waals surface area contributed by atoms with Gasteiger partial charge in [-0.2, -0.15) is 0 Å². The number of hydrogen-bond donors (Lipinski definition) is 0. The van der Waals surface area contributed by atoms with Gasteiger partial charge in [-0.3, -0.25) is 19.2 Å². The van der Waals surface area contributed by atoms with Crippen molar-refractivity contribution in [1.82, 2.24) is 5.06 Å². The monoisotopic (exact) mass is 418 g/mol. The molecule has 0 bridgehead atoms. The summed E-state index contributed by atoms with van der Waals surface area (Å²) < 4.78 is 0. The highest BCUT2D eigenvalue weighted by molar-refractivity contribution is 6.41. The van der Waals surface area contributed by atoms with Gasteiger partial charge in [0.1, 0.15) is 0 Å². The molecule has 2 aromatic carbocycles. The first-order chi connectivity index (χ1) is 13.2. The van der Waals surface area contributed by atoms with Crippen LogP contribution >= 0.6 is 23.2 Å². The van der Waals surface area contributed by atoms with Crippen molar-refractivity contribution in [3.05, 3.63) is 63.1 Å². The number of halogens is 2. The first-order valence-electron chi connectivity index (χ1n) is 8.61. The van der Waals surface area contributed by atoms with E-state index in [-0.39, 0.29) is 34.8 Å². The van der Waals surface area contributed by atoms with Gasteiger partial charge in [-0.25, -0.2) is 9.96 Å². The lowest BCUT2D eigenvalue weighted by Gasteiger charge is -2.20. The number of rotatable bonds is 3. The Bertz CT molecular complexity index is 1000. The molecule has 28 heavy (non-hydrogen) atoms. The van der Waals surface area contributed by atoms with E-state index in [1.807, 2.05) is 0 Å². The first-order valence-corrected chi connectivity index (χ1v) is 9.37. The van der Waals surface area contributed by atoms with Gasteiger partial charge in [-0.1, -0.05) is 35.3 Å². The van der Waals surface area contributed by atoms with E-state index in [4.69, 9.17) is 28.0 Å². The number of anilines is 1. The third kappa shape index (κ3) is 2.89. The number of amides is 3. The van der Waals surface area contributed by atoms with E-state index in [9.17, 15) is 14.4 Å². The summed E-state index contributed by atoms with van der Waals surface area (Å²) in [5.41, 5.74) is 0.800. The fourth-order valence-electron chi connectivity index (χ4n) is 3.25. The normalized spacial score (nSPS) is 18.2. The Kier molecular flexibility index (Phi) is 4.45. The molecule has 2 aromatic rings. The van der Waals surface area contributed by atoms with Gasteiger partial charge in [-0.05, 0) is 43.7 Å². The quantitative estimate of drug-likeness (QED) is 0.703. The third-order valence-electron chi connectivity index (χ3n) is 4.85. The van der Waals surface area contributed by atoms with E-state index < -0.39 is 17.2 Å². The lowest BCUT2D eigenvalue weighted by Crippen LogP contribution is -2.31. The molecule has 0 aromatic heterocycles. The molecular formula is C20H16Cl2N2O4. The zero-order chi connectivity index (χ0) is 20.2. The summed E-state index contributed by atoms with van der Waals surface area (Å²) in [6, 6.07) is 9.59. The summed E-state index contributed by atoms with van der Waals surface area (Å²) in [4.78, 5) is 44.2. The number of hydroxylamine groups is 2. The molecule has 1 fully saturated rings. The van der Waals surface area contributed by atoms with Crippen molar-refractivity contribution in [2.75, 3.05) is 11.5 Å². The molecule has 2 aliphatic heterocycles. The highest BCUT2D eigenvalue weighted by atomic mass is 35.5. The van der Waals surface area contributed by atoms with Crippen LogP contribution in [0.25, 0.3) is 0 Å². The largest absolute Gasteiger partial charge is 0.272 e. The lowest BCUT2D eigenvalue weighted by molar-refractivity contribution is -0.165. The van der Waals surface area contributed by atoms with Gasteiger partial charge >= 0.3 is 0 Å². The second-order valence-electron chi connectivity index (χ2n) is 7.39. The van der Waals surface area contributed by atoms with Gasteiger partial charge in [0.05, 0.1) is 40.4 Å². The maximum Gasteiger partial charge on any atom is 0.266 e. The van der Waals surface area contributed by atoms with Crippen LogP contribution in [-0.2, 0) is 16.2 Å². The molecule has 0 saturated carbocycles. The van der Waals surface area contributed by atoms with E-state index in [2.05, 4.69) is 0 Å². The number of imide groups is 1.